The Morgan fingerprint density at radius 1 is 1.32 bits per heavy atom. The van der Waals surface area contributed by atoms with Gasteiger partial charge in [-0.3, -0.25) is 0 Å². The van der Waals surface area contributed by atoms with Gasteiger partial charge in [0.15, 0.2) is 0 Å². The highest BCUT2D eigenvalue weighted by Crippen LogP contribution is 2.42. The molecule has 1 saturated heterocycles. The fraction of sp³-hybridized carbons (Fsp3) is 0.600. The van der Waals surface area contributed by atoms with E-state index in [9.17, 15) is 17.9 Å². The number of nitrogens with two attached hydrogens (primary N) is 1. The van der Waals surface area contributed by atoms with Gasteiger partial charge in [-0.05, 0) is 31.4 Å². The monoisotopic (exact) mass is 328 g/mol. The summed E-state index contributed by atoms with van der Waals surface area (Å²) >= 11 is 0. The first kappa shape index (κ1) is 15.7. The van der Waals surface area contributed by atoms with E-state index in [1.807, 2.05) is 0 Å². The van der Waals surface area contributed by atoms with Crippen LogP contribution in [0.5, 0.6) is 0 Å². The Morgan fingerprint density at radius 3 is 2.82 bits per heavy atom. The summed E-state index contributed by atoms with van der Waals surface area (Å²) in [4.78, 5) is 1.54. The van der Waals surface area contributed by atoms with Gasteiger partial charge in [0, 0.05) is 19.0 Å². The number of anilines is 1. The quantitative estimate of drug-likeness (QED) is 0.864. The number of piperidine rings is 1. The van der Waals surface area contributed by atoms with E-state index in [-0.39, 0.29) is 16.5 Å². The Labute approximate surface area is 130 Å². The van der Waals surface area contributed by atoms with Gasteiger partial charge in [0.1, 0.15) is 10.7 Å². The first-order valence-electron chi connectivity index (χ1n) is 7.60. The van der Waals surface area contributed by atoms with E-state index >= 15 is 0 Å². The molecule has 0 spiro atoms. The summed E-state index contributed by atoms with van der Waals surface area (Å²) in [5.74, 6) is -0.546. The van der Waals surface area contributed by atoms with E-state index in [0.717, 1.165) is 25.7 Å². The van der Waals surface area contributed by atoms with Gasteiger partial charge in [0.2, 0.25) is 10.0 Å². The highest BCUT2D eigenvalue weighted by atomic mass is 32.2. The molecule has 2 fully saturated rings. The smallest absolute Gasteiger partial charge is 0.240 e. The van der Waals surface area contributed by atoms with Crippen molar-refractivity contribution in [2.45, 2.75) is 42.6 Å². The van der Waals surface area contributed by atoms with E-state index in [4.69, 9.17) is 5.14 Å². The van der Waals surface area contributed by atoms with Gasteiger partial charge in [-0.2, -0.15) is 0 Å². The fourth-order valence-electron chi connectivity index (χ4n) is 3.81. The molecule has 3 rings (SSSR count). The normalized spacial score (nSPS) is 29.2. The standard InChI is InChI=1S/C15H21FN2O3S/c16-12-5-3-6-13(22(17,20)21)14(12)18-9-8-15(19)7-2-1-4-11(15)10-18/h3,5-6,11,19H,1-2,4,7-10H2,(H2,17,20,21). The SMILES string of the molecule is NS(=O)(=O)c1cccc(F)c1N1CCC2(O)CCCCC2C1. The maximum Gasteiger partial charge on any atom is 0.240 e. The second kappa shape index (κ2) is 5.47. The molecule has 1 aromatic rings. The number of fused-ring (bicyclic) bond motifs is 1. The molecule has 2 aliphatic rings. The van der Waals surface area contributed by atoms with Gasteiger partial charge in [0.05, 0.1) is 11.3 Å². The van der Waals surface area contributed by atoms with Crippen LogP contribution in [0.25, 0.3) is 0 Å². The van der Waals surface area contributed by atoms with Crippen molar-refractivity contribution in [3.05, 3.63) is 24.0 Å². The summed E-state index contributed by atoms with van der Waals surface area (Å²) in [5, 5.41) is 15.9. The lowest BCUT2D eigenvalue weighted by atomic mass is 9.71. The molecule has 0 radical (unpaired) electrons. The molecule has 1 aromatic carbocycles. The van der Waals surface area contributed by atoms with E-state index in [2.05, 4.69) is 0 Å². The minimum atomic E-state index is -3.99. The number of hydrogen-bond acceptors (Lipinski definition) is 4. The molecule has 22 heavy (non-hydrogen) atoms. The first-order chi connectivity index (χ1) is 10.3. The number of aliphatic hydroxyl groups is 1. The van der Waals surface area contributed by atoms with Crippen LogP contribution in [0, 0.1) is 11.7 Å². The van der Waals surface area contributed by atoms with Crippen molar-refractivity contribution >= 4 is 15.7 Å². The zero-order valence-corrected chi connectivity index (χ0v) is 13.2. The van der Waals surface area contributed by atoms with Crippen LogP contribution in [-0.2, 0) is 10.0 Å². The predicted molar refractivity (Wildman–Crippen MR) is 81.5 cm³/mol. The van der Waals surface area contributed by atoms with Crippen LogP contribution in [0.4, 0.5) is 10.1 Å². The number of para-hydroxylation sites is 1. The van der Waals surface area contributed by atoms with Gasteiger partial charge in [-0.15, -0.1) is 0 Å². The molecular formula is C15H21FN2O3S. The molecule has 5 nitrogen and oxygen atoms in total. The highest BCUT2D eigenvalue weighted by Gasteiger charge is 2.43. The van der Waals surface area contributed by atoms with Crippen molar-refractivity contribution < 1.29 is 17.9 Å². The zero-order valence-electron chi connectivity index (χ0n) is 12.3. The van der Waals surface area contributed by atoms with Crippen molar-refractivity contribution in [2.75, 3.05) is 18.0 Å². The lowest BCUT2D eigenvalue weighted by molar-refractivity contribution is -0.0614. The van der Waals surface area contributed by atoms with E-state index in [1.54, 1.807) is 4.90 Å². The summed E-state index contributed by atoms with van der Waals surface area (Å²) in [5.41, 5.74) is -0.653. The molecule has 0 amide bonds. The van der Waals surface area contributed by atoms with Crippen LogP contribution < -0.4 is 10.0 Å². The molecule has 1 heterocycles. The predicted octanol–water partition coefficient (Wildman–Crippen LogP) is 1.60. The summed E-state index contributed by atoms with van der Waals surface area (Å²) in [6.45, 7) is 0.885. The second-order valence-corrected chi connectivity index (χ2v) is 7.90. The zero-order chi connectivity index (χ0) is 16.0. The number of sulfonamides is 1. The van der Waals surface area contributed by atoms with Crippen molar-refractivity contribution in [3.63, 3.8) is 0 Å². The van der Waals surface area contributed by atoms with Gasteiger partial charge in [-0.1, -0.05) is 18.9 Å². The van der Waals surface area contributed by atoms with E-state index in [0.29, 0.717) is 19.5 Å². The van der Waals surface area contributed by atoms with Crippen LogP contribution in [0.15, 0.2) is 23.1 Å². The lowest BCUT2D eigenvalue weighted by Gasteiger charge is -2.48. The van der Waals surface area contributed by atoms with Crippen LogP contribution in [0.1, 0.15) is 32.1 Å². The number of benzene rings is 1. The van der Waals surface area contributed by atoms with E-state index in [1.165, 1.54) is 18.2 Å². The van der Waals surface area contributed by atoms with Crippen LogP contribution >= 0.6 is 0 Å². The van der Waals surface area contributed by atoms with Crippen molar-refractivity contribution in [1.29, 1.82) is 0 Å². The largest absolute Gasteiger partial charge is 0.389 e. The Bertz CT molecular complexity index is 679. The Morgan fingerprint density at radius 2 is 2.09 bits per heavy atom. The number of nitrogens with zero attached hydrogens (tertiary/aromatic N) is 1. The molecule has 0 aromatic heterocycles. The topological polar surface area (TPSA) is 83.6 Å². The molecule has 2 atom stereocenters. The summed E-state index contributed by atoms with van der Waals surface area (Å²) in [6.07, 6.45) is 4.22. The van der Waals surface area contributed by atoms with Crippen molar-refractivity contribution in [3.8, 4) is 0 Å². The molecule has 2 unspecified atom stereocenters. The molecule has 7 heteroatoms. The van der Waals surface area contributed by atoms with Gasteiger partial charge in [0.25, 0.3) is 0 Å². The summed E-state index contributed by atoms with van der Waals surface area (Å²) < 4.78 is 37.7. The lowest BCUT2D eigenvalue weighted by Crippen LogP contribution is -2.53. The summed E-state index contributed by atoms with van der Waals surface area (Å²) in [7, 11) is -3.99. The number of halogens is 1. The third-order valence-corrected chi connectivity index (χ3v) is 5.94. The van der Waals surface area contributed by atoms with Crippen molar-refractivity contribution in [1.82, 2.24) is 0 Å². The Kier molecular flexibility index (Phi) is 3.91. The molecule has 3 N–H and O–H groups in total. The van der Waals surface area contributed by atoms with Gasteiger partial charge < -0.3 is 10.0 Å². The fourth-order valence-corrected chi connectivity index (χ4v) is 4.57. The average molecular weight is 328 g/mol. The minimum absolute atomic E-state index is 0.0395. The maximum atomic E-state index is 14.3. The number of rotatable bonds is 2. The third kappa shape index (κ3) is 2.73. The van der Waals surface area contributed by atoms with Crippen LogP contribution in [0.3, 0.4) is 0 Å². The molecular weight excluding hydrogens is 307 g/mol. The first-order valence-corrected chi connectivity index (χ1v) is 9.14. The average Bonchev–Trinajstić information content (AvgIpc) is 2.45. The maximum absolute atomic E-state index is 14.3. The minimum Gasteiger partial charge on any atom is -0.389 e. The van der Waals surface area contributed by atoms with E-state index < -0.39 is 21.4 Å². The van der Waals surface area contributed by atoms with Gasteiger partial charge in [-0.25, -0.2) is 17.9 Å². The molecule has 1 aliphatic heterocycles. The van der Waals surface area contributed by atoms with Crippen LogP contribution in [-0.4, -0.2) is 32.2 Å². The Balaban J connectivity index is 1.96. The molecule has 0 bridgehead atoms. The third-order valence-electron chi connectivity index (χ3n) is 5.00. The molecule has 1 aliphatic carbocycles. The molecule has 122 valence electrons. The number of hydrogen-bond donors (Lipinski definition) is 2. The Hall–Kier alpha value is -1.18. The van der Waals surface area contributed by atoms with Crippen LogP contribution in [0.2, 0.25) is 0 Å². The number of primary sulfonamides is 1. The second-order valence-electron chi connectivity index (χ2n) is 6.37. The van der Waals surface area contributed by atoms with Gasteiger partial charge >= 0.3 is 0 Å². The van der Waals surface area contributed by atoms with Crippen molar-refractivity contribution in [2.24, 2.45) is 11.1 Å². The molecule has 1 saturated carbocycles. The summed E-state index contributed by atoms with van der Waals surface area (Å²) in [6, 6.07) is 3.92. The highest BCUT2D eigenvalue weighted by molar-refractivity contribution is 7.89.